The Kier molecular flexibility index (Phi) is 5.22. The number of phenolic OH excluding ortho intramolecular Hbond substituents is 1. The number of methoxy groups -OCH3 is 1. The van der Waals surface area contributed by atoms with E-state index >= 15 is 0 Å². The van der Waals surface area contributed by atoms with Crippen LogP contribution in [0.2, 0.25) is 0 Å². The van der Waals surface area contributed by atoms with Gasteiger partial charge in [-0.25, -0.2) is 15.0 Å². The van der Waals surface area contributed by atoms with Crippen molar-refractivity contribution in [2.24, 2.45) is 0 Å². The number of hydrogen-bond acceptors (Lipinski definition) is 6. The highest BCUT2D eigenvalue weighted by molar-refractivity contribution is 5.94. The first-order valence-electron chi connectivity index (χ1n) is 9.35. The monoisotopic (exact) mass is 397 g/mol. The topological polar surface area (TPSA) is 85.2 Å². The van der Waals surface area contributed by atoms with Crippen LogP contribution in [0.1, 0.15) is 17.3 Å². The molecular formula is C24H19N3O3. The smallest absolute Gasteiger partial charge is 0.167 e. The summed E-state index contributed by atoms with van der Waals surface area (Å²) in [4.78, 5) is 25.4. The molecule has 0 fully saturated rings. The molecule has 0 aliphatic heterocycles. The number of hydrogen-bond donors (Lipinski definition) is 1. The van der Waals surface area contributed by atoms with Gasteiger partial charge in [0.1, 0.15) is 11.5 Å². The van der Waals surface area contributed by atoms with Crippen LogP contribution in [0.15, 0.2) is 72.8 Å². The molecule has 0 aliphatic carbocycles. The molecule has 3 aromatic carbocycles. The van der Waals surface area contributed by atoms with E-state index in [0.29, 0.717) is 34.3 Å². The fraction of sp³-hybridized carbons (Fsp3) is 0.0833. The Morgan fingerprint density at radius 1 is 0.800 bits per heavy atom. The first kappa shape index (κ1) is 19.3. The first-order valence-corrected chi connectivity index (χ1v) is 9.35. The molecule has 30 heavy (non-hydrogen) atoms. The van der Waals surface area contributed by atoms with E-state index in [1.54, 1.807) is 36.4 Å². The number of aromatic hydroxyl groups is 1. The average molecular weight is 397 g/mol. The van der Waals surface area contributed by atoms with Gasteiger partial charge < -0.3 is 9.84 Å². The van der Waals surface area contributed by atoms with Crippen LogP contribution in [-0.4, -0.2) is 33.0 Å². The van der Waals surface area contributed by atoms with Gasteiger partial charge in [-0.15, -0.1) is 0 Å². The summed E-state index contributed by atoms with van der Waals surface area (Å²) >= 11 is 0. The molecule has 6 heteroatoms. The highest BCUT2D eigenvalue weighted by Crippen LogP contribution is 2.32. The van der Waals surface area contributed by atoms with E-state index < -0.39 is 0 Å². The van der Waals surface area contributed by atoms with E-state index in [-0.39, 0.29) is 11.5 Å². The number of carbonyl (C=O) groups is 1. The summed E-state index contributed by atoms with van der Waals surface area (Å²) in [5, 5.41) is 10.5. The van der Waals surface area contributed by atoms with Crippen LogP contribution in [-0.2, 0) is 0 Å². The highest BCUT2D eigenvalue weighted by Gasteiger charge is 2.15. The molecule has 0 radical (unpaired) electrons. The van der Waals surface area contributed by atoms with E-state index in [1.165, 1.54) is 20.1 Å². The number of aromatic nitrogens is 3. The Balaban J connectivity index is 1.88. The molecule has 0 aliphatic rings. The van der Waals surface area contributed by atoms with Crippen molar-refractivity contribution >= 4 is 5.78 Å². The summed E-state index contributed by atoms with van der Waals surface area (Å²) in [5.41, 5.74) is 2.66. The Morgan fingerprint density at radius 2 is 1.40 bits per heavy atom. The van der Waals surface area contributed by atoms with Gasteiger partial charge in [-0.05, 0) is 19.1 Å². The molecule has 0 saturated heterocycles. The molecule has 6 nitrogen and oxygen atoms in total. The zero-order valence-corrected chi connectivity index (χ0v) is 16.5. The Bertz CT molecular complexity index is 1210. The largest absolute Gasteiger partial charge is 0.507 e. The standard InChI is InChI=1S/C24H19N3O3/c1-15(28)16-8-10-18(11-9-16)23-25-22(17-6-4-3-5-7-17)26-24(27-23)20-13-12-19(30-2)14-21(20)29/h3-14,29H,1-2H3. The highest BCUT2D eigenvalue weighted by atomic mass is 16.5. The van der Waals surface area contributed by atoms with Crippen LogP contribution < -0.4 is 4.74 Å². The van der Waals surface area contributed by atoms with Gasteiger partial charge in [0, 0.05) is 22.8 Å². The van der Waals surface area contributed by atoms with Gasteiger partial charge in [0.15, 0.2) is 23.3 Å². The lowest BCUT2D eigenvalue weighted by molar-refractivity contribution is 0.101. The lowest BCUT2D eigenvalue weighted by Gasteiger charge is -2.10. The van der Waals surface area contributed by atoms with Gasteiger partial charge in [0.05, 0.1) is 12.7 Å². The van der Waals surface area contributed by atoms with Crippen LogP contribution in [0.25, 0.3) is 34.2 Å². The summed E-state index contributed by atoms with van der Waals surface area (Å²) < 4.78 is 5.16. The summed E-state index contributed by atoms with van der Waals surface area (Å²) in [7, 11) is 1.54. The van der Waals surface area contributed by atoms with Crippen LogP contribution in [0.3, 0.4) is 0 Å². The molecule has 1 heterocycles. The molecule has 4 rings (SSSR count). The molecule has 0 saturated carbocycles. The van der Waals surface area contributed by atoms with Crippen molar-refractivity contribution in [2.45, 2.75) is 6.92 Å². The van der Waals surface area contributed by atoms with Crippen LogP contribution in [0.5, 0.6) is 11.5 Å². The van der Waals surface area contributed by atoms with Crippen molar-refractivity contribution in [3.8, 4) is 45.7 Å². The van der Waals surface area contributed by atoms with Crippen molar-refractivity contribution in [2.75, 3.05) is 7.11 Å². The van der Waals surface area contributed by atoms with Gasteiger partial charge in [-0.2, -0.15) is 0 Å². The molecule has 0 unspecified atom stereocenters. The maximum atomic E-state index is 11.6. The Hall–Kier alpha value is -4.06. The van der Waals surface area contributed by atoms with Gasteiger partial charge in [-0.3, -0.25) is 4.79 Å². The van der Waals surface area contributed by atoms with Gasteiger partial charge in [-0.1, -0.05) is 54.6 Å². The van der Waals surface area contributed by atoms with Gasteiger partial charge in [0.25, 0.3) is 0 Å². The number of ketones is 1. The number of phenols is 1. The van der Waals surface area contributed by atoms with Gasteiger partial charge in [0.2, 0.25) is 0 Å². The lowest BCUT2D eigenvalue weighted by Crippen LogP contribution is -2.01. The minimum atomic E-state index is -0.00832. The summed E-state index contributed by atoms with van der Waals surface area (Å²) in [6.07, 6.45) is 0. The minimum Gasteiger partial charge on any atom is -0.507 e. The van der Waals surface area contributed by atoms with E-state index in [4.69, 9.17) is 4.74 Å². The number of rotatable bonds is 5. The number of Topliss-reactive ketones (excluding diaryl/α,β-unsaturated/α-hetero) is 1. The summed E-state index contributed by atoms with van der Waals surface area (Å²) in [6.45, 7) is 1.52. The molecule has 4 aromatic rings. The zero-order chi connectivity index (χ0) is 21.1. The number of nitrogens with zero attached hydrogens (tertiary/aromatic N) is 3. The van der Waals surface area contributed by atoms with E-state index in [2.05, 4.69) is 15.0 Å². The lowest BCUT2D eigenvalue weighted by atomic mass is 10.1. The number of carbonyl (C=O) groups excluding carboxylic acids is 1. The predicted octanol–water partition coefficient (Wildman–Crippen LogP) is 4.79. The molecule has 1 aromatic heterocycles. The Labute approximate surface area is 173 Å². The van der Waals surface area contributed by atoms with Crippen molar-refractivity contribution in [1.82, 2.24) is 15.0 Å². The molecule has 0 spiro atoms. The minimum absolute atomic E-state index is 0.00832. The van der Waals surface area contributed by atoms with Crippen LogP contribution in [0.4, 0.5) is 0 Å². The van der Waals surface area contributed by atoms with E-state index in [1.807, 2.05) is 30.3 Å². The molecule has 0 amide bonds. The third kappa shape index (κ3) is 3.89. The van der Waals surface area contributed by atoms with Crippen molar-refractivity contribution in [3.05, 3.63) is 78.4 Å². The maximum Gasteiger partial charge on any atom is 0.167 e. The fourth-order valence-electron chi connectivity index (χ4n) is 3.02. The van der Waals surface area contributed by atoms with E-state index in [0.717, 1.165) is 11.1 Å². The SMILES string of the molecule is COc1ccc(-c2nc(-c3ccccc3)nc(-c3ccc(C(C)=O)cc3)n2)c(O)c1. The summed E-state index contributed by atoms with van der Waals surface area (Å²) in [5.74, 6) is 1.82. The molecule has 0 atom stereocenters. The molecule has 148 valence electrons. The van der Waals surface area contributed by atoms with Gasteiger partial charge >= 0.3 is 0 Å². The second-order valence-electron chi connectivity index (χ2n) is 6.69. The molecular weight excluding hydrogens is 378 g/mol. The van der Waals surface area contributed by atoms with Crippen LogP contribution in [0, 0.1) is 0 Å². The van der Waals surface area contributed by atoms with Crippen molar-refractivity contribution < 1.29 is 14.6 Å². The van der Waals surface area contributed by atoms with E-state index in [9.17, 15) is 9.90 Å². The molecule has 1 N–H and O–H groups in total. The average Bonchev–Trinajstić information content (AvgIpc) is 2.79. The van der Waals surface area contributed by atoms with Crippen molar-refractivity contribution in [1.29, 1.82) is 0 Å². The zero-order valence-electron chi connectivity index (χ0n) is 16.5. The fourth-order valence-corrected chi connectivity index (χ4v) is 3.02. The van der Waals surface area contributed by atoms with Crippen molar-refractivity contribution in [3.63, 3.8) is 0 Å². The second kappa shape index (κ2) is 8.13. The third-order valence-corrected chi connectivity index (χ3v) is 4.66. The third-order valence-electron chi connectivity index (χ3n) is 4.66. The first-order chi connectivity index (χ1) is 14.5. The normalized spacial score (nSPS) is 10.6. The quantitative estimate of drug-likeness (QED) is 0.488. The molecule has 0 bridgehead atoms. The maximum absolute atomic E-state index is 11.6. The number of benzene rings is 3. The second-order valence-corrected chi connectivity index (χ2v) is 6.69. The van der Waals surface area contributed by atoms with Crippen LogP contribution >= 0.6 is 0 Å². The summed E-state index contributed by atoms with van der Waals surface area (Å²) in [6, 6.07) is 21.6. The number of ether oxygens (including phenoxy) is 1. The predicted molar refractivity (Wildman–Crippen MR) is 114 cm³/mol. The Morgan fingerprint density at radius 3 is 1.97 bits per heavy atom.